The van der Waals surface area contributed by atoms with Gasteiger partial charge in [0.05, 0.1) is 19.1 Å². The Bertz CT molecular complexity index is 1140. The number of methoxy groups -OCH3 is 1. The SMILES string of the molecule is COc1ccc2[nH]cc(CCN3CC[C@H](N(C)Cc4cc(Cl)cc(Cl)c4)C(C(C)O)C3=O)c2c1. The van der Waals surface area contributed by atoms with Crippen LogP contribution >= 0.6 is 23.2 Å². The van der Waals surface area contributed by atoms with Crippen molar-refractivity contribution in [3.05, 3.63) is 63.8 Å². The van der Waals surface area contributed by atoms with E-state index in [9.17, 15) is 9.90 Å². The molecule has 1 aliphatic rings. The number of aromatic amines is 1. The third-order valence-corrected chi connectivity index (χ3v) is 7.21. The smallest absolute Gasteiger partial charge is 0.229 e. The van der Waals surface area contributed by atoms with Crippen LogP contribution in [0, 0.1) is 5.92 Å². The summed E-state index contributed by atoms with van der Waals surface area (Å²) in [5.74, 6) is 0.319. The molecule has 8 heteroatoms. The fourth-order valence-corrected chi connectivity index (χ4v) is 5.62. The van der Waals surface area contributed by atoms with Crippen molar-refractivity contribution in [1.82, 2.24) is 14.8 Å². The van der Waals surface area contributed by atoms with E-state index in [0.29, 0.717) is 29.7 Å². The topological polar surface area (TPSA) is 68.8 Å². The Morgan fingerprint density at radius 1 is 1.24 bits per heavy atom. The molecule has 182 valence electrons. The van der Waals surface area contributed by atoms with Gasteiger partial charge in [-0.2, -0.15) is 0 Å². The van der Waals surface area contributed by atoms with E-state index in [1.54, 1.807) is 20.1 Å². The quantitative estimate of drug-likeness (QED) is 0.465. The van der Waals surface area contributed by atoms with E-state index < -0.39 is 12.0 Å². The standard InChI is InChI=1S/C26H31Cl2N3O3/c1-16(32)25-24(30(2)15-17-10-19(27)12-20(28)11-17)7-9-31(26(25)33)8-6-18-14-29-23-5-4-21(34-3)13-22(18)23/h4-5,10-14,16,24-25,29,32H,6-9,15H2,1-3H3/t16?,24-,25?/m0/s1. The molecule has 6 nitrogen and oxygen atoms in total. The Morgan fingerprint density at radius 2 is 1.97 bits per heavy atom. The number of aliphatic hydroxyl groups is 1. The molecule has 2 aromatic carbocycles. The maximum atomic E-state index is 13.4. The van der Waals surface area contributed by atoms with Gasteiger partial charge in [0.1, 0.15) is 5.75 Å². The predicted molar refractivity (Wildman–Crippen MR) is 137 cm³/mol. The molecule has 0 radical (unpaired) electrons. The highest BCUT2D eigenvalue weighted by Crippen LogP contribution is 2.29. The maximum absolute atomic E-state index is 13.4. The van der Waals surface area contributed by atoms with Crippen molar-refractivity contribution >= 4 is 40.0 Å². The largest absolute Gasteiger partial charge is 0.497 e. The van der Waals surface area contributed by atoms with E-state index in [4.69, 9.17) is 27.9 Å². The van der Waals surface area contributed by atoms with Gasteiger partial charge in [-0.3, -0.25) is 9.69 Å². The molecule has 1 aromatic heterocycles. The summed E-state index contributed by atoms with van der Waals surface area (Å²) in [6, 6.07) is 11.3. The molecular formula is C26H31Cl2N3O3. The second-order valence-corrected chi connectivity index (χ2v) is 9.99. The molecule has 1 saturated heterocycles. The highest BCUT2D eigenvalue weighted by molar-refractivity contribution is 6.34. The number of aliphatic hydroxyl groups excluding tert-OH is 1. The summed E-state index contributed by atoms with van der Waals surface area (Å²) < 4.78 is 5.36. The number of hydrogen-bond donors (Lipinski definition) is 2. The first-order chi connectivity index (χ1) is 16.3. The minimum absolute atomic E-state index is 0.000326. The number of aromatic nitrogens is 1. The summed E-state index contributed by atoms with van der Waals surface area (Å²) in [6.45, 7) is 3.55. The molecule has 34 heavy (non-hydrogen) atoms. The zero-order valence-electron chi connectivity index (χ0n) is 19.7. The molecule has 2 N–H and O–H groups in total. The maximum Gasteiger partial charge on any atom is 0.229 e. The zero-order valence-corrected chi connectivity index (χ0v) is 21.2. The van der Waals surface area contributed by atoms with Crippen molar-refractivity contribution in [2.24, 2.45) is 5.92 Å². The Balaban J connectivity index is 1.45. The van der Waals surface area contributed by atoms with Gasteiger partial charge >= 0.3 is 0 Å². The molecule has 1 fully saturated rings. The average molecular weight is 504 g/mol. The molecule has 1 aliphatic heterocycles. The molecule has 1 amide bonds. The Morgan fingerprint density at radius 3 is 2.65 bits per heavy atom. The van der Waals surface area contributed by atoms with Crippen LogP contribution in [0.25, 0.3) is 10.9 Å². The fourth-order valence-electron chi connectivity index (χ4n) is 5.05. The van der Waals surface area contributed by atoms with Crippen LogP contribution in [0.1, 0.15) is 24.5 Å². The third-order valence-electron chi connectivity index (χ3n) is 6.77. The van der Waals surface area contributed by atoms with Gasteiger partial charge in [-0.25, -0.2) is 0 Å². The first-order valence-corrected chi connectivity index (χ1v) is 12.3. The second kappa shape index (κ2) is 10.6. The van der Waals surface area contributed by atoms with Crippen molar-refractivity contribution in [3.8, 4) is 5.75 Å². The van der Waals surface area contributed by atoms with Crippen molar-refractivity contribution in [2.75, 3.05) is 27.2 Å². The number of nitrogens with one attached hydrogen (secondary N) is 1. The first kappa shape index (κ1) is 24.9. The van der Waals surface area contributed by atoms with E-state index in [1.807, 2.05) is 48.5 Å². The number of carbonyl (C=O) groups excluding carboxylic acids is 1. The Kier molecular flexibility index (Phi) is 7.73. The number of rotatable bonds is 8. The second-order valence-electron chi connectivity index (χ2n) is 9.12. The van der Waals surface area contributed by atoms with Crippen LogP contribution in [0.4, 0.5) is 0 Å². The van der Waals surface area contributed by atoms with Gasteiger partial charge in [0.2, 0.25) is 5.91 Å². The predicted octanol–water partition coefficient (Wildman–Crippen LogP) is 4.76. The van der Waals surface area contributed by atoms with Crippen LogP contribution in [0.5, 0.6) is 5.75 Å². The number of H-pyrrole nitrogens is 1. The minimum atomic E-state index is -0.747. The number of halogens is 2. The highest BCUT2D eigenvalue weighted by atomic mass is 35.5. The summed E-state index contributed by atoms with van der Waals surface area (Å²) in [5.41, 5.74) is 3.17. The number of benzene rings is 2. The van der Waals surface area contributed by atoms with Crippen LogP contribution in [0.3, 0.4) is 0 Å². The van der Waals surface area contributed by atoms with Gasteiger partial charge in [-0.15, -0.1) is 0 Å². The van der Waals surface area contributed by atoms with Crippen LogP contribution in [-0.2, 0) is 17.8 Å². The van der Waals surface area contributed by atoms with Crippen molar-refractivity contribution in [2.45, 2.75) is 38.5 Å². The van der Waals surface area contributed by atoms with Gasteiger partial charge < -0.3 is 19.7 Å². The van der Waals surface area contributed by atoms with Crippen molar-refractivity contribution in [3.63, 3.8) is 0 Å². The summed E-state index contributed by atoms with van der Waals surface area (Å²) in [6.07, 6.45) is 2.76. The Hall–Kier alpha value is -2.25. The minimum Gasteiger partial charge on any atom is -0.497 e. The molecule has 0 saturated carbocycles. The van der Waals surface area contributed by atoms with E-state index in [-0.39, 0.29) is 11.9 Å². The number of piperidine rings is 1. The third kappa shape index (κ3) is 5.36. The number of likely N-dealkylation sites (tertiary alicyclic amines) is 1. The number of amides is 1. The number of ether oxygens (including phenoxy) is 1. The van der Waals surface area contributed by atoms with Gasteiger partial charge in [-0.1, -0.05) is 23.2 Å². The normalized spacial score (nSPS) is 19.7. The molecule has 2 unspecified atom stereocenters. The molecule has 0 bridgehead atoms. The summed E-state index contributed by atoms with van der Waals surface area (Å²) >= 11 is 12.3. The molecule has 3 aromatic rings. The van der Waals surface area contributed by atoms with Gasteiger partial charge in [0.25, 0.3) is 0 Å². The molecule has 2 heterocycles. The van der Waals surface area contributed by atoms with Crippen LogP contribution in [0.15, 0.2) is 42.6 Å². The first-order valence-electron chi connectivity index (χ1n) is 11.5. The lowest BCUT2D eigenvalue weighted by Crippen LogP contribution is -2.56. The lowest BCUT2D eigenvalue weighted by atomic mass is 9.85. The lowest BCUT2D eigenvalue weighted by Gasteiger charge is -2.43. The van der Waals surface area contributed by atoms with Gasteiger partial charge in [-0.05, 0) is 74.3 Å². The zero-order chi connectivity index (χ0) is 24.4. The number of nitrogens with zero attached hydrogens (tertiary/aromatic N) is 2. The van der Waals surface area contributed by atoms with Crippen molar-refractivity contribution < 1.29 is 14.6 Å². The van der Waals surface area contributed by atoms with Crippen LogP contribution in [-0.4, -0.2) is 65.2 Å². The average Bonchev–Trinajstić information content (AvgIpc) is 3.19. The van der Waals surface area contributed by atoms with E-state index in [1.165, 1.54) is 0 Å². The van der Waals surface area contributed by atoms with E-state index >= 15 is 0 Å². The molecular weight excluding hydrogens is 473 g/mol. The molecule has 0 spiro atoms. The summed E-state index contributed by atoms with van der Waals surface area (Å²) in [4.78, 5) is 20.7. The van der Waals surface area contributed by atoms with Gasteiger partial charge in [0.15, 0.2) is 0 Å². The van der Waals surface area contributed by atoms with E-state index in [0.717, 1.165) is 40.6 Å². The fraction of sp³-hybridized carbons (Fsp3) is 0.423. The lowest BCUT2D eigenvalue weighted by molar-refractivity contribution is -0.147. The molecule has 4 rings (SSSR count). The highest BCUT2D eigenvalue weighted by Gasteiger charge is 2.41. The summed E-state index contributed by atoms with van der Waals surface area (Å²) in [7, 11) is 3.64. The van der Waals surface area contributed by atoms with E-state index in [2.05, 4.69) is 9.88 Å². The monoisotopic (exact) mass is 503 g/mol. The Labute approximate surface area is 210 Å². The van der Waals surface area contributed by atoms with Crippen molar-refractivity contribution in [1.29, 1.82) is 0 Å². The number of carbonyl (C=O) groups is 1. The van der Waals surface area contributed by atoms with Crippen LogP contribution in [0.2, 0.25) is 10.0 Å². The number of hydrogen-bond acceptors (Lipinski definition) is 4. The number of fused-ring (bicyclic) bond motifs is 1. The van der Waals surface area contributed by atoms with Crippen LogP contribution < -0.4 is 4.74 Å². The van der Waals surface area contributed by atoms with Gasteiger partial charge in [0, 0.05) is 52.8 Å². The molecule has 3 atom stereocenters. The molecule has 0 aliphatic carbocycles. The summed E-state index contributed by atoms with van der Waals surface area (Å²) in [5, 5.41) is 12.8.